The number of rotatable bonds is 10. The van der Waals surface area contributed by atoms with Crippen LogP contribution >= 0.6 is 0 Å². The molecule has 24 heavy (non-hydrogen) atoms. The molecule has 1 N–H and O–H groups in total. The lowest BCUT2D eigenvalue weighted by Gasteiger charge is -2.23. The van der Waals surface area contributed by atoms with E-state index in [2.05, 4.69) is 0 Å². The van der Waals surface area contributed by atoms with Gasteiger partial charge in [-0.05, 0) is 26.7 Å². The second kappa shape index (κ2) is 9.30. The number of nitrogens with zero attached hydrogens (tertiary/aromatic N) is 1. The summed E-state index contributed by atoms with van der Waals surface area (Å²) in [5.74, 6) is -7.54. The molecule has 1 rings (SSSR count). The monoisotopic (exact) mass is 373 g/mol. The highest BCUT2D eigenvalue weighted by atomic mass is 28.4. The maximum atomic E-state index is 13.8. The Morgan fingerprint density at radius 2 is 1.58 bits per heavy atom. The lowest BCUT2D eigenvalue weighted by atomic mass is 10.2. The van der Waals surface area contributed by atoms with Crippen molar-refractivity contribution < 1.29 is 35.7 Å². The van der Waals surface area contributed by atoms with E-state index in [4.69, 9.17) is 8.85 Å². The molecule has 0 heterocycles. The Balaban J connectivity index is 2.60. The SMILES string of the molecule is CCO[Si](O)(CCCCN(F)c1cc(F)c(F)c(F)c1F)OCC. The highest BCUT2D eigenvalue weighted by Crippen LogP contribution is 2.27. The standard InChI is InChI=1S/C14H20F5NO3Si/c1-3-22-24(21,23-4-2)8-6-5-7-20(19)11-9-10(15)12(16)14(18)13(11)17/h9,21H,3-8H2,1-2H3. The normalized spacial score (nSPS) is 11.8. The number of unbranched alkanes of at least 4 members (excludes halogenated alkanes) is 1. The van der Waals surface area contributed by atoms with Crippen molar-refractivity contribution in [1.29, 1.82) is 0 Å². The van der Waals surface area contributed by atoms with E-state index >= 15 is 0 Å². The van der Waals surface area contributed by atoms with E-state index in [0.29, 0.717) is 0 Å². The van der Waals surface area contributed by atoms with Gasteiger partial charge in [0.1, 0.15) is 5.69 Å². The van der Waals surface area contributed by atoms with Gasteiger partial charge in [0, 0.05) is 25.3 Å². The third kappa shape index (κ3) is 5.40. The van der Waals surface area contributed by atoms with Gasteiger partial charge in [0.2, 0.25) is 0 Å². The molecular weight excluding hydrogens is 353 g/mol. The van der Waals surface area contributed by atoms with E-state index in [0.717, 1.165) is 0 Å². The van der Waals surface area contributed by atoms with E-state index in [-0.39, 0.29) is 43.3 Å². The lowest BCUT2D eigenvalue weighted by molar-refractivity contribution is 0.107. The summed E-state index contributed by atoms with van der Waals surface area (Å²) in [6.07, 6.45) is 0.420. The number of benzene rings is 1. The fraction of sp³-hybridized carbons (Fsp3) is 0.571. The first-order chi connectivity index (χ1) is 11.3. The molecule has 0 amide bonds. The molecule has 0 aliphatic carbocycles. The summed E-state index contributed by atoms with van der Waals surface area (Å²) >= 11 is 0. The Morgan fingerprint density at radius 3 is 2.12 bits per heavy atom. The molecule has 4 nitrogen and oxygen atoms in total. The van der Waals surface area contributed by atoms with Gasteiger partial charge in [-0.15, -0.1) is 0 Å². The van der Waals surface area contributed by atoms with Crippen molar-refractivity contribution in [3.8, 4) is 0 Å². The average Bonchev–Trinajstić information content (AvgIpc) is 2.53. The molecule has 0 fully saturated rings. The quantitative estimate of drug-likeness (QED) is 0.170. The summed E-state index contributed by atoms with van der Waals surface area (Å²) < 4.78 is 76.6. The summed E-state index contributed by atoms with van der Waals surface area (Å²) in [7, 11) is -3.32. The Bertz CT molecular complexity index is 544. The molecule has 0 radical (unpaired) electrons. The molecular formula is C14H20F5NO3Si. The van der Waals surface area contributed by atoms with Gasteiger partial charge in [0.25, 0.3) is 0 Å². The van der Waals surface area contributed by atoms with E-state index in [9.17, 15) is 26.8 Å². The Kier molecular flexibility index (Phi) is 8.07. The lowest BCUT2D eigenvalue weighted by Crippen LogP contribution is -2.42. The van der Waals surface area contributed by atoms with Gasteiger partial charge in [-0.25, -0.2) is 22.7 Å². The maximum absolute atomic E-state index is 13.8. The van der Waals surface area contributed by atoms with Crippen LogP contribution in [0.5, 0.6) is 0 Å². The van der Waals surface area contributed by atoms with Crippen molar-refractivity contribution in [3.63, 3.8) is 0 Å². The number of anilines is 1. The van der Waals surface area contributed by atoms with Crippen LogP contribution in [0, 0.1) is 23.3 Å². The zero-order valence-corrected chi connectivity index (χ0v) is 14.4. The topological polar surface area (TPSA) is 41.9 Å². The molecule has 0 unspecified atom stereocenters. The van der Waals surface area contributed by atoms with E-state index in [1.165, 1.54) is 0 Å². The predicted molar refractivity (Wildman–Crippen MR) is 80.0 cm³/mol. The first-order valence-corrected chi connectivity index (χ1v) is 9.49. The van der Waals surface area contributed by atoms with E-state index in [1.807, 2.05) is 0 Å². The van der Waals surface area contributed by atoms with Gasteiger partial charge in [-0.2, -0.15) is 0 Å². The summed E-state index contributed by atoms with van der Waals surface area (Å²) in [5, 5.41) is -0.205. The van der Waals surface area contributed by atoms with Crippen LogP contribution in [-0.4, -0.2) is 33.4 Å². The van der Waals surface area contributed by atoms with Crippen molar-refractivity contribution in [2.45, 2.75) is 32.7 Å². The van der Waals surface area contributed by atoms with Gasteiger partial charge < -0.3 is 13.6 Å². The molecule has 10 heteroatoms. The zero-order valence-electron chi connectivity index (χ0n) is 13.4. The van der Waals surface area contributed by atoms with Crippen LogP contribution in [0.2, 0.25) is 6.04 Å². The second-order valence-corrected chi connectivity index (χ2v) is 7.44. The molecule has 0 aromatic heterocycles. The van der Waals surface area contributed by atoms with Crippen LogP contribution in [0.4, 0.5) is 27.7 Å². The van der Waals surface area contributed by atoms with Crippen molar-refractivity contribution in [1.82, 2.24) is 0 Å². The molecule has 1 aromatic carbocycles. The molecule has 0 bridgehead atoms. The van der Waals surface area contributed by atoms with Crippen LogP contribution in [0.1, 0.15) is 26.7 Å². The van der Waals surface area contributed by atoms with Gasteiger partial charge in [-0.1, -0.05) is 4.48 Å². The van der Waals surface area contributed by atoms with Crippen LogP contribution in [0.15, 0.2) is 6.07 Å². The van der Waals surface area contributed by atoms with Gasteiger partial charge in [-0.3, -0.25) is 0 Å². The Hall–Kier alpha value is -1.23. The van der Waals surface area contributed by atoms with Crippen LogP contribution in [0.3, 0.4) is 0 Å². The number of hydrogen-bond acceptors (Lipinski definition) is 4. The minimum atomic E-state index is -3.32. The Labute approximate surface area is 138 Å². The van der Waals surface area contributed by atoms with Crippen molar-refractivity contribution in [2.24, 2.45) is 0 Å². The minimum Gasteiger partial charge on any atom is -0.390 e. The second-order valence-electron chi connectivity index (χ2n) is 4.94. The largest absolute Gasteiger partial charge is 0.498 e. The van der Waals surface area contributed by atoms with Gasteiger partial charge in [0.15, 0.2) is 23.3 Å². The van der Waals surface area contributed by atoms with E-state index < -0.39 is 44.3 Å². The molecule has 0 saturated heterocycles. The first-order valence-electron chi connectivity index (χ1n) is 7.52. The summed E-state index contributed by atoms with van der Waals surface area (Å²) in [5.41, 5.74) is -1.02. The highest BCUT2D eigenvalue weighted by molar-refractivity contribution is 6.59. The highest BCUT2D eigenvalue weighted by Gasteiger charge is 2.35. The third-order valence-electron chi connectivity index (χ3n) is 3.18. The average molecular weight is 373 g/mol. The fourth-order valence-electron chi connectivity index (χ4n) is 2.09. The van der Waals surface area contributed by atoms with Crippen molar-refractivity contribution >= 4 is 14.5 Å². The molecule has 138 valence electrons. The van der Waals surface area contributed by atoms with E-state index in [1.54, 1.807) is 13.8 Å². The van der Waals surface area contributed by atoms with Crippen LogP contribution in [-0.2, 0) is 8.85 Å². The number of hydrogen-bond donors (Lipinski definition) is 1. The van der Waals surface area contributed by atoms with Gasteiger partial charge in [0.05, 0.1) is 6.54 Å². The fourth-order valence-corrected chi connectivity index (χ4v) is 4.06. The zero-order chi connectivity index (χ0) is 18.3. The maximum Gasteiger partial charge on any atom is 0.498 e. The first kappa shape index (κ1) is 20.8. The smallest absolute Gasteiger partial charge is 0.390 e. The summed E-state index contributed by atoms with van der Waals surface area (Å²) in [4.78, 5) is 10.1. The minimum absolute atomic E-state index is 0.131. The molecule has 0 aliphatic rings. The van der Waals surface area contributed by atoms with Crippen molar-refractivity contribution in [3.05, 3.63) is 29.3 Å². The number of halogens is 5. The molecule has 1 aromatic rings. The predicted octanol–water partition coefficient (Wildman–Crippen LogP) is 3.72. The molecule has 0 aliphatic heterocycles. The Morgan fingerprint density at radius 1 is 1.00 bits per heavy atom. The third-order valence-corrected chi connectivity index (χ3v) is 5.65. The van der Waals surface area contributed by atoms with Crippen molar-refractivity contribution in [2.75, 3.05) is 24.9 Å². The molecule has 0 atom stereocenters. The molecule has 0 spiro atoms. The van der Waals surface area contributed by atoms with Crippen LogP contribution in [0.25, 0.3) is 0 Å². The molecule has 0 saturated carbocycles. The summed E-state index contributed by atoms with van der Waals surface area (Å²) in [6.45, 7) is 3.51. The van der Waals surface area contributed by atoms with Gasteiger partial charge >= 0.3 is 8.80 Å². The van der Waals surface area contributed by atoms with Crippen LogP contribution < -0.4 is 5.12 Å². The summed E-state index contributed by atoms with van der Waals surface area (Å²) in [6, 6.07) is 0.413.